The smallest absolute Gasteiger partial charge is 0.235 e. The predicted octanol–water partition coefficient (Wildman–Crippen LogP) is 1.14. The number of carbonyl (C=O) groups excluding carboxylic acids is 1. The Balaban J connectivity index is 1.81. The van der Waals surface area contributed by atoms with Crippen LogP contribution in [-0.2, 0) is 4.79 Å². The van der Waals surface area contributed by atoms with Crippen LogP contribution in [0.4, 0.5) is 0 Å². The minimum Gasteiger partial charge on any atom is -0.337 e. The fourth-order valence-electron chi connectivity index (χ4n) is 3.81. The van der Waals surface area contributed by atoms with E-state index in [0.29, 0.717) is 18.6 Å². The summed E-state index contributed by atoms with van der Waals surface area (Å²) in [6.07, 6.45) is 3.63. The molecule has 2 aliphatic rings. The van der Waals surface area contributed by atoms with Crippen LogP contribution in [0.25, 0.3) is 0 Å². The minimum atomic E-state index is -0.798. The van der Waals surface area contributed by atoms with Crippen molar-refractivity contribution in [3.05, 3.63) is 0 Å². The van der Waals surface area contributed by atoms with E-state index in [4.69, 9.17) is 0 Å². The molecule has 6 heteroatoms. The van der Waals surface area contributed by atoms with Crippen LogP contribution in [0, 0.1) is 17.2 Å². The Morgan fingerprint density at radius 2 is 1.96 bits per heavy atom. The van der Waals surface area contributed by atoms with E-state index in [1.807, 2.05) is 20.9 Å². The van der Waals surface area contributed by atoms with Gasteiger partial charge in [0, 0.05) is 25.2 Å². The van der Waals surface area contributed by atoms with Crippen LogP contribution in [0.15, 0.2) is 0 Å². The standard InChI is InChI=1S/C19H35N5O/c1-15(2)19(3,14-20)21-18(25)13-23(5)17-8-11-24(12-17)16-6-9-22(4)10-7-16/h15-17H,6-13H2,1-5H3,(H,21,25)/t17-,19-/m1/s1. The molecule has 6 nitrogen and oxygen atoms in total. The first-order valence-corrected chi connectivity index (χ1v) is 9.60. The highest BCUT2D eigenvalue weighted by Crippen LogP contribution is 2.23. The maximum Gasteiger partial charge on any atom is 0.235 e. The summed E-state index contributed by atoms with van der Waals surface area (Å²) in [6.45, 7) is 10.6. The van der Waals surface area contributed by atoms with E-state index in [1.54, 1.807) is 6.92 Å². The molecule has 0 aromatic heterocycles. The van der Waals surface area contributed by atoms with E-state index in [0.717, 1.165) is 19.5 Å². The van der Waals surface area contributed by atoms with Gasteiger partial charge in [-0.05, 0) is 59.3 Å². The highest BCUT2D eigenvalue weighted by molar-refractivity contribution is 5.79. The lowest BCUT2D eigenvalue weighted by Gasteiger charge is -2.35. The number of carbonyl (C=O) groups is 1. The Kier molecular flexibility index (Phi) is 6.84. The van der Waals surface area contributed by atoms with Crippen molar-refractivity contribution in [1.82, 2.24) is 20.0 Å². The van der Waals surface area contributed by atoms with Crippen molar-refractivity contribution in [3.63, 3.8) is 0 Å². The van der Waals surface area contributed by atoms with Gasteiger partial charge in [0.2, 0.25) is 5.91 Å². The topological polar surface area (TPSA) is 62.6 Å². The highest BCUT2D eigenvalue weighted by Gasteiger charge is 2.34. The largest absolute Gasteiger partial charge is 0.337 e. The van der Waals surface area contributed by atoms with Crippen molar-refractivity contribution in [2.45, 2.75) is 57.7 Å². The number of nitriles is 1. The number of rotatable bonds is 6. The summed E-state index contributed by atoms with van der Waals surface area (Å²) in [4.78, 5) is 19.6. The van der Waals surface area contributed by atoms with Gasteiger partial charge in [0.25, 0.3) is 0 Å². The molecule has 142 valence electrons. The zero-order chi connectivity index (χ0) is 18.6. The van der Waals surface area contributed by atoms with Crippen LogP contribution in [0.2, 0.25) is 0 Å². The molecule has 0 saturated carbocycles. The van der Waals surface area contributed by atoms with Gasteiger partial charge in [-0.3, -0.25) is 14.6 Å². The van der Waals surface area contributed by atoms with Gasteiger partial charge in [-0.25, -0.2) is 0 Å². The van der Waals surface area contributed by atoms with Gasteiger partial charge in [-0.1, -0.05) is 13.8 Å². The number of likely N-dealkylation sites (tertiary alicyclic amines) is 2. The molecule has 1 amide bonds. The molecular weight excluding hydrogens is 314 g/mol. The van der Waals surface area contributed by atoms with Crippen molar-refractivity contribution < 1.29 is 4.79 Å². The summed E-state index contributed by atoms with van der Waals surface area (Å²) in [6, 6.07) is 3.37. The van der Waals surface area contributed by atoms with Crippen LogP contribution in [-0.4, -0.2) is 85.0 Å². The molecule has 2 heterocycles. The summed E-state index contributed by atoms with van der Waals surface area (Å²) < 4.78 is 0. The molecule has 0 aromatic carbocycles. The summed E-state index contributed by atoms with van der Waals surface area (Å²) >= 11 is 0. The molecule has 0 aliphatic carbocycles. The van der Waals surface area contributed by atoms with Gasteiger partial charge in [0.05, 0.1) is 12.6 Å². The fraction of sp³-hybridized carbons (Fsp3) is 0.895. The van der Waals surface area contributed by atoms with Gasteiger partial charge in [0.15, 0.2) is 0 Å². The number of amides is 1. The summed E-state index contributed by atoms with van der Waals surface area (Å²) in [5, 5.41) is 12.3. The van der Waals surface area contributed by atoms with Gasteiger partial charge >= 0.3 is 0 Å². The van der Waals surface area contributed by atoms with E-state index >= 15 is 0 Å². The van der Waals surface area contributed by atoms with Gasteiger partial charge in [-0.2, -0.15) is 5.26 Å². The third kappa shape index (κ3) is 5.16. The van der Waals surface area contributed by atoms with Gasteiger partial charge in [0.1, 0.15) is 5.54 Å². The Labute approximate surface area is 153 Å². The molecule has 1 N–H and O–H groups in total. The van der Waals surface area contributed by atoms with Crippen molar-refractivity contribution in [3.8, 4) is 6.07 Å². The van der Waals surface area contributed by atoms with Crippen molar-refractivity contribution >= 4 is 5.91 Å². The first kappa shape index (κ1) is 20.2. The molecule has 2 saturated heterocycles. The van der Waals surface area contributed by atoms with Crippen LogP contribution in [0.1, 0.15) is 40.0 Å². The molecular formula is C19H35N5O. The van der Waals surface area contributed by atoms with Crippen molar-refractivity contribution in [2.75, 3.05) is 46.8 Å². The molecule has 0 unspecified atom stereocenters. The predicted molar refractivity (Wildman–Crippen MR) is 100 cm³/mol. The molecule has 0 aromatic rings. The SMILES string of the molecule is CC(C)[C@@](C)(C#N)NC(=O)CN(C)[C@@H]1CCN(C2CCN(C)CC2)C1. The number of piperidine rings is 1. The lowest BCUT2D eigenvalue weighted by Crippen LogP contribution is -2.52. The van der Waals surface area contributed by atoms with E-state index in [-0.39, 0.29) is 11.8 Å². The molecule has 2 atom stereocenters. The first-order valence-electron chi connectivity index (χ1n) is 9.60. The number of likely N-dealkylation sites (N-methyl/N-ethyl adjacent to an activating group) is 1. The molecule has 25 heavy (non-hydrogen) atoms. The Bertz CT molecular complexity index is 495. The second-order valence-corrected chi connectivity index (χ2v) is 8.40. The first-order chi connectivity index (χ1) is 11.7. The second kappa shape index (κ2) is 8.48. The lowest BCUT2D eigenvalue weighted by atomic mass is 9.90. The highest BCUT2D eigenvalue weighted by atomic mass is 16.2. The van der Waals surface area contributed by atoms with E-state index in [9.17, 15) is 10.1 Å². The Morgan fingerprint density at radius 1 is 1.32 bits per heavy atom. The van der Waals surface area contributed by atoms with E-state index in [1.165, 1.54) is 25.9 Å². The van der Waals surface area contributed by atoms with Gasteiger partial charge in [-0.15, -0.1) is 0 Å². The minimum absolute atomic E-state index is 0.0574. The quantitative estimate of drug-likeness (QED) is 0.779. The lowest BCUT2D eigenvalue weighted by molar-refractivity contribution is -0.124. The molecule has 0 bridgehead atoms. The molecule has 2 fully saturated rings. The fourth-order valence-corrected chi connectivity index (χ4v) is 3.81. The average Bonchev–Trinajstić information content (AvgIpc) is 3.05. The van der Waals surface area contributed by atoms with Crippen LogP contribution >= 0.6 is 0 Å². The van der Waals surface area contributed by atoms with Gasteiger partial charge < -0.3 is 10.2 Å². The number of hydrogen-bond donors (Lipinski definition) is 1. The van der Waals surface area contributed by atoms with Crippen LogP contribution in [0.5, 0.6) is 0 Å². The van der Waals surface area contributed by atoms with Crippen LogP contribution in [0.3, 0.4) is 0 Å². The zero-order valence-electron chi connectivity index (χ0n) is 16.6. The molecule has 0 radical (unpaired) electrons. The maximum atomic E-state index is 12.4. The van der Waals surface area contributed by atoms with E-state index in [2.05, 4.69) is 33.1 Å². The molecule has 0 spiro atoms. The third-order valence-electron chi connectivity index (χ3n) is 6.20. The van der Waals surface area contributed by atoms with Crippen LogP contribution < -0.4 is 5.32 Å². The summed E-state index contributed by atoms with van der Waals surface area (Å²) in [7, 11) is 4.23. The maximum absolute atomic E-state index is 12.4. The Hall–Kier alpha value is -1.16. The average molecular weight is 350 g/mol. The molecule has 2 rings (SSSR count). The Morgan fingerprint density at radius 3 is 2.52 bits per heavy atom. The number of hydrogen-bond acceptors (Lipinski definition) is 5. The monoisotopic (exact) mass is 349 g/mol. The van der Waals surface area contributed by atoms with Crippen molar-refractivity contribution in [1.29, 1.82) is 5.26 Å². The normalized spacial score (nSPS) is 25.9. The third-order valence-corrected chi connectivity index (χ3v) is 6.20. The zero-order valence-corrected chi connectivity index (χ0v) is 16.6. The van der Waals surface area contributed by atoms with Crippen molar-refractivity contribution in [2.24, 2.45) is 5.92 Å². The second-order valence-electron chi connectivity index (χ2n) is 8.40. The van der Waals surface area contributed by atoms with E-state index < -0.39 is 5.54 Å². The summed E-state index contributed by atoms with van der Waals surface area (Å²) in [5.74, 6) is 0.0242. The summed E-state index contributed by atoms with van der Waals surface area (Å²) in [5.41, 5.74) is -0.798. The number of nitrogens with one attached hydrogen (secondary N) is 1. The number of nitrogens with zero attached hydrogens (tertiary/aromatic N) is 4. The molecule has 2 aliphatic heterocycles.